The van der Waals surface area contributed by atoms with E-state index in [0.717, 1.165) is 6.54 Å². The molecule has 0 aromatic rings. The molecule has 4 nitrogen and oxygen atoms in total. The lowest BCUT2D eigenvalue weighted by Gasteiger charge is -2.17. The molecule has 0 atom stereocenters. The highest BCUT2D eigenvalue weighted by molar-refractivity contribution is 9.10. The molecule has 12 heavy (non-hydrogen) atoms. The molecule has 0 rings (SSSR count). The molecule has 0 N–H and O–H groups in total. The second-order valence-electron chi connectivity index (χ2n) is 2.85. The molecule has 0 unspecified atom stereocenters. The largest absolute Gasteiger partial charge is 0.308 e. The smallest absolute Gasteiger partial charge is 0.223 e. The number of hydrogen-bond acceptors (Lipinski definition) is 3. The van der Waals surface area contributed by atoms with Gasteiger partial charge in [-0.3, -0.25) is 0 Å². The minimum atomic E-state index is -3.07. The maximum absolute atomic E-state index is 11.2. The van der Waals surface area contributed by atoms with Crippen LogP contribution in [-0.2, 0) is 10.0 Å². The maximum Gasteiger partial charge on any atom is 0.223 e. The first-order valence-electron chi connectivity index (χ1n) is 3.55. The zero-order chi connectivity index (χ0) is 9.78. The minimum absolute atomic E-state index is 0.00999. The predicted octanol–water partition coefficient (Wildman–Crippen LogP) is 0.162. The van der Waals surface area contributed by atoms with Crippen molar-refractivity contribution in [1.82, 2.24) is 9.21 Å². The lowest BCUT2D eigenvalue weighted by Crippen LogP contribution is -2.33. The van der Waals surface area contributed by atoms with Gasteiger partial charge in [-0.1, -0.05) is 15.9 Å². The van der Waals surface area contributed by atoms with Crippen molar-refractivity contribution in [3.05, 3.63) is 0 Å². The fourth-order valence-electron chi connectivity index (χ4n) is 0.563. The molecule has 0 radical (unpaired) electrons. The number of likely N-dealkylation sites (N-methyl/N-ethyl adjacent to an activating group) is 2. The topological polar surface area (TPSA) is 40.6 Å². The summed E-state index contributed by atoms with van der Waals surface area (Å²) in [6.07, 6.45) is 0. The SMILES string of the molecule is CN(C)CCN(C)S(=O)(=O)CBr. The molecule has 0 aromatic heterocycles. The van der Waals surface area contributed by atoms with E-state index in [4.69, 9.17) is 0 Å². The molecule has 0 aliphatic rings. The molecule has 0 aliphatic heterocycles. The monoisotopic (exact) mass is 258 g/mol. The third kappa shape index (κ3) is 4.39. The van der Waals surface area contributed by atoms with Crippen LogP contribution in [0.25, 0.3) is 0 Å². The van der Waals surface area contributed by atoms with Gasteiger partial charge in [0.1, 0.15) is 4.66 Å². The van der Waals surface area contributed by atoms with Crippen LogP contribution in [0.1, 0.15) is 0 Å². The van der Waals surface area contributed by atoms with E-state index in [1.807, 2.05) is 19.0 Å². The van der Waals surface area contributed by atoms with Gasteiger partial charge in [-0.2, -0.15) is 0 Å². The van der Waals surface area contributed by atoms with Gasteiger partial charge < -0.3 is 4.90 Å². The summed E-state index contributed by atoms with van der Waals surface area (Å²) in [4.78, 5) is 1.94. The Kier molecular flexibility index (Phi) is 5.31. The summed E-state index contributed by atoms with van der Waals surface area (Å²) >= 11 is 2.94. The summed E-state index contributed by atoms with van der Waals surface area (Å²) < 4.78 is 23.7. The summed E-state index contributed by atoms with van der Waals surface area (Å²) in [5, 5.41) is 0. The van der Waals surface area contributed by atoms with Crippen LogP contribution in [0.4, 0.5) is 0 Å². The molecular weight excluding hydrogens is 244 g/mol. The van der Waals surface area contributed by atoms with Crippen LogP contribution in [0.15, 0.2) is 0 Å². The van der Waals surface area contributed by atoms with Crippen molar-refractivity contribution < 1.29 is 8.42 Å². The lowest BCUT2D eigenvalue weighted by atomic mass is 10.6. The first kappa shape index (κ1) is 12.3. The van der Waals surface area contributed by atoms with Crippen molar-refractivity contribution in [2.75, 3.05) is 38.9 Å². The van der Waals surface area contributed by atoms with Crippen LogP contribution in [0.2, 0.25) is 0 Å². The molecular formula is C6H15BrN2O2S. The van der Waals surface area contributed by atoms with Gasteiger partial charge in [0.2, 0.25) is 10.0 Å². The van der Waals surface area contributed by atoms with E-state index < -0.39 is 10.0 Å². The quantitative estimate of drug-likeness (QED) is 0.660. The molecule has 0 heterocycles. The van der Waals surface area contributed by atoms with Crippen LogP contribution in [0.3, 0.4) is 0 Å². The Morgan fingerprint density at radius 2 is 1.67 bits per heavy atom. The molecule has 74 valence electrons. The zero-order valence-electron chi connectivity index (χ0n) is 7.62. The maximum atomic E-state index is 11.2. The Bertz CT molecular complexity index is 216. The molecule has 0 aliphatic carbocycles. The second-order valence-corrected chi connectivity index (χ2v) is 6.22. The summed E-state index contributed by atoms with van der Waals surface area (Å²) in [7, 11) is 2.34. The summed E-state index contributed by atoms with van der Waals surface area (Å²) in [6, 6.07) is 0. The van der Waals surface area contributed by atoms with Crippen molar-refractivity contribution in [3.8, 4) is 0 Å². The summed E-state index contributed by atoms with van der Waals surface area (Å²) in [5.41, 5.74) is 0. The van der Waals surface area contributed by atoms with Gasteiger partial charge in [0, 0.05) is 20.1 Å². The van der Waals surface area contributed by atoms with E-state index in [-0.39, 0.29) is 4.66 Å². The van der Waals surface area contributed by atoms with Crippen LogP contribution >= 0.6 is 15.9 Å². The minimum Gasteiger partial charge on any atom is -0.308 e. The van der Waals surface area contributed by atoms with Crippen LogP contribution < -0.4 is 0 Å². The first-order chi connectivity index (χ1) is 5.40. The zero-order valence-corrected chi connectivity index (χ0v) is 10.0. The number of alkyl halides is 1. The third-order valence-electron chi connectivity index (χ3n) is 1.47. The Morgan fingerprint density at radius 1 is 1.17 bits per heavy atom. The van der Waals surface area contributed by atoms with E-state index in [9.17, 15) is 8.42 Å². The molecule has 0 bridgehead atoms. The highest BCUT2D eigenvalue weighted by atomic mass is 79.9. The second kappa shape index (κ2) is 5.16. The van der Waals surface area contributed by atoms with Gasteiger partial charge in [0.25, 0.3) is 0 Å². The van der Waals surface area contributed by atoms with Gasteiger partial charge in [-0.15, -0.1) is 0 Å². The van der Waals surface area contributed by atoms with Gasteiger partial charge in [0.15, 0.2) is 0 Å². The van der Waals surface area contributed by atoms with E-state index in [1.54, 1.807) is 7.05 Å². The van der Waals surface area contributed by atoms with E-state index in [1.165, 1.54) is 4.31 Å². The molecule has 0 spiro atoms. The molecule has 0 amide bonds. The highest BCUT2D eigenvalue weighted by Crippen LogP contribution is 2.01. The van der Waals surface area contributed by atoms with Crippen LogP contribution in [0.5, 0.6) is 0 Å². The van der Waals surface area contributed by atoms with E-state index in [2.05, 4.69) is 15.9 Å². The number of nitrogens with zero attached hydrogens (tertiary/aromatic N) is 2. The summed E-state index contributed by atoms with van der Waals surface area (Å²) in [6.45, 7) is 1.27. The average molecular weight is 259 g/mol. The van der Waals surface area contributed by atoms with Gasteiger partial charge >= 0.3 is 0 Å². The Morgan fingerprint density at radius 3 is 2.00 bits per heavy atom. The first-order valence-corrected chi connectivity index (χ1v) is 6.28. The molecule has 0 fully saturated rings. The highest BCUT2D eigenvalue weighted by Gasteiger charge is 2.14. The van der Waals surface area contributed by atoms with Gasteiger partial charge in [-0.25, -0.2) is 12.7 Å². The van der Waals surface area contributed by atoms with Crippen molar-refractivity contribution in [2.24, 2.45) is 0 Å². The Balaban J connectivity index is 3.96. The summed E-state index contributed by atoms with van der Waals surface area (Å²) in [5.74, 6) is 0. The Hall–Kier alpha value is 0.350. The third-order valence-corrected chi connectivity index (χ3v) is 4.62. The molecule has 6 heteroatoms. The standard InChI is InChI=1S/C6H15BrN2O2S/c1-8(2)4-5-9(3)12(10,11)6-7/h4-6H2,1-3H3. The van der Waals surface area contributed by atoms with Gasteiger partial charge in [0.05, 0.1) is 0 Å². The van der Waals surface area contributed by atoms with Crippen molar-refractivity contribution in [2.45, 2.75) is 0 Å². The number of hydrogen-bond donors (Lipinski definition) is 0. The molecule has 0 aromatic carbocycles. The van der Waals surface area contributed by atoms with Crippen molar-refractivity contribution in [3.63, 3.8) is 0 Å². The normalized spacial score (nSPS) is 12.8. The van der Waals surface area contributed by atoms with Crippen LogP contribution in [0, 0.1) is 0 Å². The Labute approximate surface area is 82.7 Å². The van der Waals surface area contributed by atoms with Crippen molar-refractivity contribution >= 4 is 26.0 Å². The fraction of sp³-hybridized carbons (Fsp3) is 1.00. The van der Waals surface area contributed by atoms with Crippen LogP contribution in [-0.4, -0.2) is 56.5 Å². The van der Waals surface area contributed by atoms with Crippen molar-refractivity contribution in [1.29, 1.82) is 0 Å². The molecule has 0 saturated heterocycles. The molecule has 0 saturated carbocycles. The predicted molar refractivity (Wildman–Crippen MR) is 53.9 cm³/mol. The fourth-order valence-corrected chi connectivity index (χ4v) is 2.14. The van der Waals surface area contributed by atoms with Gasteiger partial charge in [-0.05, 0) is 14.1 Å². The number of rotatable bonds is 5. The van der Waals surface area contributed by atoms with E-state index in [0.29, 0.717) is 6.54 Å². The lowest BCUT2D eigenvalue weighted by molar-refractivity contribution is 0.359. The average Bonchev–Trinajstić information content (AvgIpc) is 2.00. The number of sulfonamides is 1. The van der Waals surface area contributed by atoms with E-state index >= 15 is 0 Å². The number of halogens is 1.